The molecule has 4 rings (SSSR count). The van der Waals surface area contributed by atoms with E-state index in [9.17, 15) is 0 Å². The summed E-state index contributed by atoms with van der Waals surface area (Å²) in [5, 5.41) is 3.71. The van der Waals surface area contributed by atoms with Crippen molar-refractivity contribution >= 4 is 11.8 Å². The molecule has 2 aliphatic heterocycles. The lowest BCUT2D eigenvalue weighted by Gasteiger charge is -2.25. The topological polar surface area (TPSA) is 44.3 Å². The van der Waals surface area contributed by atoms with Gasteiger partial charge in [-0.05, 0) is 44.4 Å². The third kappa shape index (κ3) is 4.61. The van der Waals surface area contributed by atoms with Crippen LogP contribution in [0.4, 0.5) is 11.8 Å². The number of hydrogen-bond donors (Lipinski definition) is 1. The molecule has 1 aromatic heterocycles. The zero-order valence-corrected chi connectivity index (χ0v) is 18.1. The van der Waals surface area contributed by atoms with E-state index < -0.39 is 0 Å². The molecule has 156 valence electrons. The summed E-state index contributed by atoms with van der Waals surface area (Å²) < 4.78 is 0. The van der Waals surface area contributed by atoms with Gasteiger partial charge in [0, 0.05) is 44.3 Å². The Kier molecular flexibility index (Phi) is 6.71. The van der Waals surface area contributed by atoms with Gasteiger partial charge in [0.25, 0.3) is 0 Å². The van der Waals surface area contributed by atoms with Gasteiger partial charge in [0.1, 0.15) is 5.82 Å². The zero-order chi connectivity index (χ0) is 19.3. The monoisotopic (exact) mass is 385 g/mol. The van der Waals surface area contributed by atoms with Gasteiger partial charge < -0.3 is 15.1 Å². The van der Waals surface area contributed by atoms with Crippen LogP contribution in [0.5, 0.6) is 0 Å². The summed E-state index contributed by atoms with van der Waals surface area (Å²) in [7, 11) is 0. The predicted octanol–water partition coefficient (Wildman–Crippen LogP) is 4.27. The van der Waals surface area contributed by atoms with E-state index in [0.29, 0.717) is 6.04 Å². The molecule has 1 atom stereocenters. The van der Waals surface area contributed by atoms with Crippen molar-refractivity contribution in [3.8, 4) is 0 Å². The van der Waals surface area contributed by atoms with Gasteiger partial charge in [-0.15, -0.1) is 0 Å². The average molecular weight is 386 g/mol. The maximum absolute atomic E-state index is 5.08. The number of fused-ring (bicyclic) bond motifs is 1. The summed E-state index contributed by atoms with van der Waals surface area (Å²) in [6.07, 6.45) is 12.6. The first-order chi connectivity index (χ1) is 13.8. The number of nitrogens with one attached hydrogen (secondary N) is 1. The van der Waals surface area contributed by atoms with Gasteiger partial charge in [0.15, 0.2) is 0 Å². The van der Waals surface area contributed by atoms with Gasteiger partial charge in [0.2, 0.25) is 5.95 Å². The van der Waals surface area contributed by atoms with Crippen LogP contribution < -0.4 is 10.2 Å². The Morgan fingerprint density at radius 1 is 0.964 bits per heavy atom. The van der Waals surface area contributed by atoms with Crippen LogP contribution in [0.2, 0.25) is 0 Å². The van der Waals surface area contributed by atoms with Crippen LogP contribution in [0.25, 0.3) is 0 Å². The van der Waals surface area contributed by atoms with Gasteiger partial charge >= 0.3 is 0 Å². The molecular formula is C23H39N5. The van der Waals surface area contributed by atoms with Crippen LogP contribution in [0.1, 0.15) is 76.5 Å². The van der Waals surface area contributed by atoms with Gasteiger partial charge in [-0.25, -0.2) is 4.98 Å². The smallest absolute Gasteiger partial charge is 0.225 e. The number of nitrogens with zero attached hydrogens (tertiary/aromatic N) is 4. The number of likely N-dealkylation sites (tertiary alicyclic amines) is 1. The summed E-state index contributed by atoms with van der Waals surface area (Å²) in [4.78, 5) is 15.2. The first kappa shape index (κ1) is 19.9. The van der Waals surface area contributed by atoms with E-state index in [1.165, 1.54) is 81.5 Å². The molecule has 0 spiro atoms. The molecule has 2 saturated heterocycles. The van der Waals surface area contributed by atoms with Crippen LogP contribution in [0.15, 0.2) is 0 Å². The van der Waals surface area contributed by atoms with E-state index in [4.69, 9.17) is 9.97 Å². The molecule has 1 aromatic rings. The third-order valence-electron chi connectivity index (χ3n) is 7.09. The second-order valence-electron chi connectivity index (χ2n) is 9.12. The number of aryl methyl sites for hydroxylation is 1. The third-order valence-corrected chi connectivity index (χ3v) is 7.09. The van der Waals surface area contributed by atoms with Crippen LogP contribution in [-0.4, -0.2) is 53.6 Å². The minimum absolute atomic E-state index is 0.491. The highest BCUT2D eigenvalue weighted by Gasteiger charge is 2.27. The second kappa shape index (κ2) is 9.43. The SMILES string of the molecule is CCC(CC)CN1CC[C@H](Nc2nc3c(c(N4CCCCCC4)n2)CCC3)C1. The highest BCUT2D eigenvalue weighted by molar-refractivity contribution is 5.54. The molecule has 0 bridgehead atoms. The minimum atomic E-state index is 0.491. The number of hydrogen-bond acceptors (Lipinski definition) is 5. The quantitative estimate of drug-likeness (QED) is 0.759. The molecule has 3 heterocycles. The molecule has 3 aliphatic rings. The minimum Gasteiger partial charge on any atom is -0.356 e. The predicted molar refractivity (Wildman–Crippen MR) is 117 cm³/mol. The molecule has 1 aliphatic carbocycles. The fraction of sp³-hybridized carbons (Fsp3) is 0.826. The van der Waals surface area contributed by atoms with E-state index in [2.05, 4.69) is 29.0 Å². The Bertz CT molecular complexity index is 634. The first-order valence-corrected chi connectivity index (χ1v) is 11.9. The normalized spacial score (nSPS) is 23.2. The molecular weight excluding hydrogens is 346 g/mol. The van der Waals surface area contributed by atoms with E-state index in [1.807, 2.05) is 0 Å². The fourth-order valence-corrected chi connectivity index (χ4v) is 5.23. The van der Waals surface area contributed by atoms with Crippen LogP contribution in [0, 0.1) is 5.92 Å². The summed E-state index contributed by atoms with van der Waals surface area (Å²) in [6, 6.07) is 0.491. The van der Waals surface area contributed by atoms with Crippen molar-refractivity contribution in [2.45, 2.75) is 84.1 Å². The van der Waals surface area contributed by atoms with Crippen molar-refractivity contribution in [1.29, 1.82) is 0 Å². The number of aromatic nitrogens is 2. The van der Waals surface area contributed by atoms with Crippen molar-refractivity contribution in [2.24, 2.45) is 5.92 Å². The van der Waals surface area contributed by atoms with E-state index in [1.54, 1.807) is 0 Å². The van der Waals surface area contributed by atoms with E-state index in [-0.39, 0.29) is 0 Å². The molecule has 0 radical (unpaired) electrons. The molecule has 5 heteroatoms. The van der Waals surface area contributed by atoms with E-state index in [0.717, 1.165) is 44.3 Å². The van der Waals surface area contributed by atoms with Crippen LogP contribution >= 0.6 is 0 Å². The van der Waals surface area contributed by atoms with Crippen LogP contribution in [0.3, 0.4) is 0 Å². The summed E-state index contributed by atoms with van der Waals surface area (Å²) in [5.41, 5.74) is 2.75. The summed E-state index contributed by atoms with van der Waals surface area (Å²) in [6.45, 7) is 10.6. The van der Waals surface area contributed by atoms with Gasteiger partial charge in [0.05, 0.1) is 5.69 Å². The second-order valence-corrected chi connectivity index (χ2v) is 9.12. The van der Waals surface area contributed by atoms with Gasteiger partial charge in [-0.3, -0.25) is 0 Å². The van der Waals surface area contributed by atoms with Crippen molar-refractivity contribution < 1.29 is 0 Å². The molecule has 28 heavy (non-hydrogen) atoms. The van der Waals surface area contributed by atoms with E-state index >= 15 is 0 Å². The summed E-state index contributed by atoms with van der Waals surface area (Å²) >= 11 is 0. The largest absolute Gasteiger partial charge is 0.356 e. The molecule has 0 aromatic carbocycles. The molecule has 0 saturated carbocycles. The lowest BCUT2D eigenvalue weighted by atomic mass is 10.0. The molecule has 0 unspecified atom stereocenters. The van der Waals surface area contributed by atoms with Gasteiger partial charge in [-0.2, -0.15) is 4.98 Å². The molecule has 0 amide bonds. The lowest BCUT2D eigenvalue weighted by Crippen LogP contribution is -2.31. The maximum atomic E-state index is 5.08. The lowest BCUT2D eigenvalue weighted by molar-refractivity contribution is 0.266. The number of anilines is 2. The first-order valence-electron chi connectivity index (χ1n) is 11.9. The highest BCUT2D eigenvalue weighted by Crippen LogP contribution is 2.31. The van der Waals surface area contributed by atoms with Crippen molar-refractivity contribution in [3.63, 3.8) is 0 Å². The molecule has 1 N–H and O–H groups in total. The Balaban J connectivity index is 1.44. The fourth-order valence-electron chi connectivity index (χ4n) is 5.23. The Hall–Kier alpha value is -1.36. The Labute approximate surface area is 171 Å². The Morgan fingerprint density at radius 2 is 1.75 bits per heavy atom. The maximum Gasteiger partial charge on any atom is 0.225 e. The summed E-state index contributed by atoms with van der Waals surface area (Å²) in [5.74, 6) is 2.97. The average Bonchev–Trinajstić information content (AvgIpc) is 3.27. The number of rotatable bonds is 7. The standard InChI is InChI=1S/C23H39N5/c1-3-18(4-2)16-27-15-12-19(17-27)24-23-25-21-11-9-10-20(21)22(26-23)28-13-7-5-6-8-14-28/h18-19H,3-17H2,1-2H3,(H,24,25,26)/t19-/m0/s1. The van der Waals surface area contributed by atoms with Gasteiger partial charge in [-0.1, -0.05) is 39.5 Å². The van der Waals surface area contributed by atoms with Crippen molar-refractivity contribution in [3.05, 3.63) is 11.3 Å². The van der Waals surface area contributed by atoms with Crippen LogP contribution in [-0.2, 0) is 12.8 Å². The highest BCUT2D eigenvalue weighted by atomic mass is 15.3. The zero-order valence-electron chi connectivity index (χ0n) is 18.1. The van der Waals surface area contributed by atoms with Crippen molar-refractivity contribution in [2.75, 3.05) is 42.9 Å². The Morgan fingerprint density at radius 3 is 2.50 bits per heavy atom. The molecule has 2 fully saturated rings. The molecule has 5 nitrogen and oxygen atoms in total. The van der Waals surface area contributed by atoms with Crippen molar-refractivity contribution in [1.82, 2.24) is 14.9 Å².